The number of nitrogens with zero attached hydrogens (tertiary/aromatic N) is 1. The third kappa shape index (κ3) is 3.05. The van der Waals surface area contributed by atoms with Gasteiger partial charge in [0.05, 0.1) is 7.11 Å². The lowest BCUT2D eigenvalue weighted by Crippen LogP contribution is -2.05. The molecule has 1 heterocycles. The molecule has 0 aliphatic carbocycles. The zero-order valence-electron chi connectivity index (χ0n) is 10.5. The van der Waals surface area contributed by atoms with Crippen LogP contribution in [0.15, 0.2) is 35.7 Å². The summed E-state index contributed by atoms with van der Waals surface area (Å²) in [5.41, 5.74) is 8.15. The fraction of sp³-hybridized carbons (Fsp3) is 0.308. The standard InChI is InChI=1S/C13H17N3OS/c1-9(14)10-3-4-12(17-2)11(7-10)8-18-13-15-5-6-16-13/h3-7,9H,8,14H2,1-2H3,(H,15,16). The number of nitrogens with one attached hydrogen (secondary N) is 1. The van der Waals surface area contributed by atoms with E-state index in [1.807, 2.05) is 25.3 Å². The van der Waals surface area contributed by atoms with Gasteiger partial charge in [-0.05, 0) is 24.6 Å². The van der Waals surface area contributed by atoms with Gasteiger partial charge in [0.25, 0.3) is 0 Å². The first-order chi connectivity index (χ1) is 8.70. The van der Waals surface area contributed by atoms with E-state index in [-0.39, 0.29) is 6.04 Å². The Labute approximate surface area is 111 Å². The summed E-state index contributed by atoms with van der Waals surface area (Å²) >= 11 is 1.64. The molecular formula is C13H17N3OS. The van der Waals surface area contributed by atoms with Gasteiger partial charge in [-0.2, -0.15) is 0 Å². The van der Waals surface area contributed by atoms with E-state index in [9.17, 15) is 0 Å². The summed E-state index contributed by atoms with van der Waals surface area (Å²) in [7, 11) is 1.68. The zero-order valence-corrected chi connectivity index (χ0v) is 11.3. The Hall–Kier alpha value is -1.46. The van der Waals surface area contributed by atoms with Crippen LogP contribution in [0.25, 0.3) is 0 Å². The van der Waals surface area contributed by atoms with Crippen LogP contribution in [0.4, 0.5) is 0 Å². The lowest BCUT2D eigenvalue weighted by Gasteiger charge is -2.12. The van der Waals surface area contributed by atoms with Crippen molar-refractivity contribution in [2.75, 3.05) is 7.11 Å². The Morgan fingerprint density at radius 1 is 1.50 bits per heavy atom. The highest BCUT2D eigenvalue weighted by Gasteiger charge is 2.08. The van der Waals surface area contributed by atoms with E-state index >= 15 is 0 Å². The molecule has 1 unspecified atom stereocenters. The number of methoxy groups -OCH3 is 1. The third-order valence-corrected chi connectivity index (χ3v) is 3.62. The van der Waals surface area contributed by atoms with E-state index in [2.05, 4.69) is 16.0 Å². The molecule has 5 heteroatoms. The number of aromatic amines is 1. The molecule has 0 saturated heterocycles. The van der Waals surface area contributed by atoms with Crippen molar-refractivity contribution in [1.29, 1.82) is 0 Å². The lowest BCUT2D eigenvalue weighted by molar-refractivity contribution is 0.411. The lowest BCUT2D eigenvalue weighted by atomic mass is 10.1. The molecule has 2 aromatic rings. The molecule has 0 radical (unpaired) electrons. The fourth-order valence-corrected chi connectivity index (χ4v) is 2.47. The quantitative estimate of drug-likeness (QED) is 0.814. The van der Waals surface area contributed by atoms with E-state index in [0.717, 1.165) is 27.8 Å². The summed E-state index contributed by atoms with van der Waals surface area (Å²) in [6, 6.07) is 6.10. The van der Waals surface area contributed by atoms with Crippen molar-refractivity contribution in [2.24, 2.45) is 5.73 Å². The third-order valence-electron chi connectivity index (χ3n) is 2.67. The SMILES string of the molecule is COc1ccc(C(C)N)cc1CSc1ncc[nH]1. The predicted octanol–water partition coefficient (Wildman–Crippen LogP) is 2.73. The summed E-state index contributed by atoms with van der Waals surface area (Å²) in [6.45, 7) is 1.98. The molecule has 0 bridgehead atoms. The van der Waals surface area contributed by atoms with Crippen molar-refractivity contribution >= 4 is 11.8 Å². The van der Waals surface area contributed by atoms with Gasteiger partial charge in [-0.15, -0.1) is 0 Å². The summed E-state index contributed by atoms with van der Waals surface area (Å²) in [5.74, 6) is 1.69. The second-order valence-electron chi connectivity index (χ2n) is 4.04. The topological polar surface area (TPSA) is 63.9 Å². The number of nitrogens with two attached hydrogens (primary N) is 1. The molecule has 1 atom stereocenters. The second-order valence-corrected chi connectivity index (χ2v) is 5.01. The molecule has 3 N–H and O–H groups in total. The van der Waals surface area contributed by atoms with Crippen LogP contribution >= 0.6 is 11.8 Å². The largest absolute Gasteiger partial charge is 0.496 e. The number of rotatable bonds is 5. The van der Waals surface area contributed by atoms with Gasteiger partial charge in [-0.1, -0.05) is 17.8 Å². The minimum atomic E-state index is 0.0308. The van der Waals surface area contributed by atoms with Gasteiger partial charge in [-0.25, -0.2) is 4.98 Å². The molecule has 1 aromatic heterocycles. The molecular weight excluding hydrogens is 246 g/mol. The number of ether oxygens (including phenoxy) is 1. The molecule has 2 rings (SSSR count). The van der Waals surface area contributed by atoms with Crippen LogP contribution in [0.3, 0.4) is 0 Å². The first-order valence-electron chi connectivity index (χ1n) is 5.75. The van der Waals surface area contributed by atoms with Crippen molar-refractivity contribution in [3.63, 3.8) is 0 Å². The van der Waals surface area contributed by atoms with Gasteiger partial charge in [0, 0.05) is 29.8 Å². The number of H-pyrrole nitrogens is 1. The van der Waals surface area contributed by atoms with Crippen LogP contribution < -0.4 is 10.5 Å². The minimum Gasteiger partial charge on any atom is -0.496 e. The average molecular weight is 263 g/mol. The second kappa shape index (κ2) is 5.93. The highest BCUT2D eigenvalue weighted by molar-refractivity contribution is 7.98. The summed E-state index contributed by atoms with van der Waals surface area (Å²) in [4.78, 5) is 7.25. The average Bonchev–Trinajstić information content (AvgIpc) is 2.89. The summed E-state index contributed by atoms with van der Waals surface area (Å²) < 4.78 is 5.37. The molecule has 0 aliphatic rings. The molecule has 4 nitrogen and oxygen atoms in total. The molecule has 0 aliphatic heterocycles. The van der Waals surface area contributed by atoms with Gasteiger partial charge >= 0.3 is 0 Å². The molecule has 0 saturated carbocycles. The minimum absolute atomic E-state index is 0.0308. The monoisotopic (exact) mass is 263 g/mol. The van der Waals surface area contributed by atoms with Crippen LogP contribution in [0.5, 0.6) is 5.75 Å². The highest BCUT2D eigenvalue weighted by atomic mass is 32.2. The molecule has 18 heavy (non-hydrogen) atoms. The highest BCUT2D eigenvalue weighted by Crippen LogP contribution is 2.28. The molecule has 96 valence electrons. The number of benzene rings is 1. The predicted molar refractivity (Wildman–Crippen MR) is 73.7 cm³/mol. The number of hydrogen-bond donors (Lipinski definition) is 2. The van der Waals surface area contributed by atoms with Gasteiger partial charge in [-0.3, -0.25) is 0 Å². The van der Waals surface area contributed by atoms with E-state index in [0.29, 0.717) is 0 Å². The van der Waals surface area contributed by atoms with E-state index in [1.54, 1.807) is 25.1 Å². The Morgan fingerprint density at radius 2 is 2.33 bits per heavy atom. The van der Waals surface area contributed by atoms with Gasteiger partial charge in [0.15, 0.2) is 5.16 Å². The number of hydrogen-bond acceptors (Lipinski definition) is 4. The number of thioether (sulfide) groups is 1. The first kappa shape index (κ1) is 13.0. The Kier molecular flexibility index (Phi) is 4.28. The van der Waals surface area contributed by atoms with Gasteiger partial charge in [0.1, 0.15) is 5.75 Å². The molecule has 0 fully saturated rings. The maximum atomic E-state index is 5.90. The summed E-state index contributed by atoms with van der Waals surface area (Å²) in [5, 5.41) is 0.906. The maximum Gasteiger partial charge on any atom is 0.165 e. The molecule has 0 amide bonds. The van der Waals surface area contributed by atoms with Crippen molar-refractivity contribution in [2.45, 2.75) is 23.9 Å². The van der Waals surface area contributed by atoms with Crippen LogP contribution in [-0.2, 0) is 5.75 Å². The fourth-order valence-electron chi connectivity index (χ4n) is 1.67. The van der Waals surface area contributed by atoms with Crippen molar-refractivity contribution in [1.82, 2.24) is 9.97 Å². The van der Waals surface area contributed by atoms with Crippen molar-refractivity contribution < 1.29 is 4.74 Å². The number of aromatic nitrogens is 2. The van der Waals surface area contributed by atoms with Gasteiger partial charge < -0.3 is 15.5 Å². The van der Waals surface area contributed by atoms with Crippen LogP contribution in [0.1, 0.15) is 24.1 Å². The number of imidazole rings is 1. The summed E-state index contributed by atoms with van der Waals surface area (Å²) in [6.07, 6.45) is 3.57. The smallest absolute Gasteiger partial charge is 0.165 e. The van der Waals surface area contributed by atoms with E-state index in [1.165, 1.54) is 0 Å². The first-order valence-corrected chi connectivity index (χ1v) is 6.74. The van der Waals surface area contributed by atoms with Crippen molar-refractivity contribution in [3.05, 3.63) is 41.7 Å². The zero-order chi connectivity index (χ0) is 13.0. The van der Waals surface area contributed by atoms with E-state index < -0.39 is 0 Å². The van der Waals surface area contributed by atoms with Crippen LogP contribution in [0.2, 0.25) is 0 Å². The Morgan fingerprint density at radius 3 is 2.94 bits per heavy atom. The van der Waals surface area contributed by atoms with Gasteiger partial charge in [0.2, 0.25) is 0 Å². The van der Waals surface area contributed by atoms with E-state index in [4.69, 9.17) is 10.5 Å². The Balaban J connectivity index is 2.16. The van der Waals surface area contributed by atoms with Crippen LogP contribution in [-0.4, -0.2) is 17.1 Å². The van der Waals surface area contributed by atoms with Crippen LogP contribution in [0, 0.1) is 0 Å². The van der Waals surface area contributed by atoms with Crippen molar-refractivity contribution in [3.8, 4) is 5.75 Å². The normalized spacial score (nSPS) is 12.4. The molecule has 1 aromatic carbocycles. The Bertz CT molecular complexity index is 497. The maximum absolute atomic E-state index is 5.90. The molecule has 0 spiro atoms.